The van der Waals surface area contributed by atoms with Gasteiger partial charge in [-0.05, 0) is 31.0 Å². The van der Waals surface area contributed by atoms with E-state index in [1.165, 1.54) is 6.20 Å². The third-order valence-corrected chi connectivity index (χ3v) is 5.36. The molecular formula is C21H24N6O4. The second kappa shape index (κ2) is 8.50. The van der Waals surface area contributed by atoms with Crippen LogP contribution in [0.1, 0.15) is 23.2 Å². The van der Waals surface area contributed by atoms with Gasteiger partial charge in [-0.2, -0.15) is 4.98 Å². The number of methoxy groups -OCH3 is 2. The lowest BCUT2D eigenvalue weighted by Crippen LogP contribution is -2.40. The number of benzene rings is 1. The summed E-state index contributed by atoms with van der Waals surface area (Å²) in [7, 11) is 3.15. The zero-order valence-corrected chi connectivity index (χ0v) is 17.3. The number of piperidine rings is 1. The van der Waals surface area contributed by atoms with Gasteiger partial charge in [0.2, 0.25) is 5.95 Å². The maximum absolute atomic E-state index is 10.9. The van der Waals surface area contributed by atoms with E-state index in [4.69, 9.17) is 20.3 Å². The summed E-state index contributed by atoms with van der Waals surface area (Å²) in [6, 6.07) is 7.04. The molecule has 4 N–H and O–H groups in total. The number of aromatic nitrogens is 3. The fraction of sp³-hybridized carbons (Fsp3) is 0.333. The molecule has 0 bridgehead atoms. The largest absolute Gasteiger partial charge is 0.493 e. The van der Waals surface area contributed by atoms with Crippen LogP contribution in [0.25, 0.3) is 10.9 Å². The van der Waals surface area contributed by atoms with Crippen molar-refractivity contribution in [2.45, 2.75) is 18.9 Å². The Morgan fingerprint density at radius 1 is 1.16 bits per heavy atom. The molecule has 3 aromatic rings. The minimum Gasteiger partial charge on any atom is -0.493 e. The SMILES string of the molecule is COc1cc2nc(N3CCC(Nc4ccc(C(=O)O)cn4)CC3)nc(N)c2cc1OC. The molecule has 3 heterocycles. The van der Waals surface area contributed by atoms with Gasteiger partial charge >= 0.3 is 5.97 Å². The molecule has 2 aromatic heterocycles. The van der Waals surface area contributed by atoms with Crippen molar-refractivity contribution < 1.29 is 19.4 Å². The first kappa shape index (κ1) is 20.5. The van der Waals surface area contributed by atoms with Crippen LogP contribution in [0.2, 0.25) is 0 Å². The van der Waals surface area contributed by atoms with E-state index in [0.29, 0.717) is 40.0 Å². The maximum atomic E-state index is 10.9. The normalized spacial score (nSPS) is 14.5. The van der Waals surface area contributed by atoms with E-state index in [1.54, 1.807) is 38.5 Å². The maximum Gasteiger partial charge on any atom is 0.337 e. The Bertz CT molecular complexity index is 1100. The smallest absolute Gasteiger partial charge is 0.337 e. The van der Waals surface area contributed by atoms with Crippen LogP contribution in [0.5, 0.6) is 11.5 Å². The molecule has 0 unspecified atom stereocenters. The molecule has 4 rings (SSSR count). The number of pyridine rings is 1. The first-order chi connectivity index (χ1) is 15.0. The van der Waals surface area contributed by atoms with Gasteiger partial charge in [-0.1, -0.05) is 0 Å². The van der Waals surface area contributed by atoms with Gasteiger partial charge in [0, 0.05) is 36.8 Å². The zero-order chi connectivity index (χ0) is 22.0. The molecule has 0 spiro atoms. The van der Waals surface area contributed by atoms with Crippen molar-refractivity contribution >= 4 is 34.5 Å². The lowest BCUT2D eigenvalue weighted by molar-refractivity contribution is 0.0696. The highest BCUT2D eigenvalue weighted by Crippen LogP contribution is 2.34. The fourth-order valence-electron chi connectivity index (χ4n) is 3.65. The summed E-state index contributed by atoms with van der Waals surface area (Å²) < 4.78 is 10.7. The number of carboxylic acids is 1. The van der Waals surface area contributed by atoms with Crippen LogP contribution in [0, 0.1) is 0 Å². The highest BCUT2D eigenvalue weighted by atomic mass is 16.5. The molecule has 10 heteroatoms. The number of nitrogen functional groups attached to an aromatic ring is 1. The number of nitrogens with zero attached hydrogens (tertiary/aromatic N) is 4. The number of carbonyl (C=O) groups is 1. The Hall–Kier alpha value is -3.82. The molecule has 0 radical (unpaired) electrons. The lowest BCUT2D eigenvalue weighted by atomic mass is 10.1. The average Bonchev–Trinajstić information content (AvgIpc) is 2.79. The predicted octanol–water partition coefficient (Wildman–Crippen LogP) is 2.40. The highest BCUT2D eigenvalue weighted by molar-refractivity contribution is 5.91. The van der Waals surface area contributed by atoms with Gasteiger partial charge in [-0.3, -0.25) is 0 Å². The van der Waals surface area contributed by atoms with Crippen molar-refractivity contribution in [1.29, 1.82) is 0 Å². The highest BCUT2D eigenvalue weighted by Gasteiger charge is 2.22. The number of nitrogens with one attached hydrogen (secondary N) is 1. The van der Waals surface area contributed by atoms with Crippen LogP contribution in [-0.4, -0.2) is 59.4 Å². The standard InChI is InChI=1S/C21H24N6O4/c1-30-16-9-14-15(10-17(16)31-2)25-21(26-19(14)22)27-7-5-13(6-8-27)24-18-4-3-12(11-23-18)20(28)29/h3-4,9-11,13H,5-8H2,1-2H3,(H,23,24)(H,28,29)(H2,22,25,26). The van der Waals surface area contributed by atoms with Crippen molar-refractivity contribution in [1.82, 2.24) is 15.0 Å². The van der Waals surface area contributed by atoms with Crippen molar-refractivity contribution in [3.8, 4) is 11.5 Å². The topological polar surface area (TPSA) is 136 Å². The molecule has 1 fully saturated rings. The summed E-state index contributed by atoms with van der Waals surface area (Å²) in [4.78, 5) is 26.4. The van der Waals surface area contributed by atoms with Crippen LogP contribution in [0.4, 0.5) is 17.6 Å². The first-order valence-electron chi connectivity index (χ1n) is 9.88. The summed E-state index contributed by atoms with van der Waals surface area (Å²) in [5, 5.41) is 13.1. The van der Waals surface area contributed by atoms with Crippen LogP contribution < -0.4 is 25.4 Å². The molecule has 0 atom stereocenters. The van der Waals surface area contributed by atoms with E-state index in [-0.39, 0.29) is 11.6 Å². The van der Waals surface area contributed by atoms with Crippen LogP contribution in [-0.2, 0) is 0 Å². The van der Waals surface area contributed by atoms with Crippen molar-refractivity contribution in [2.24, 2.45) is 0 Å². The molecule has 0 amide bonds. The molecule has 31 heavy (non-hydrogen) atoms. The fourth-order valence-corrected chi connectivity index (χ4v) is 3.65. The number of ether oxygens (including phenoxy) is 2. The number of carboxylic acid groups (broad SMARTS) is 1. The number of hydrogen-bond acceptors (Lipinski definition) is 9. The minimum absolute atomic E-state index is 0.167. The van der Waals surface area contributed by atoms with Crippen LogP contribution in [0.3, 0.4) is 0 Å². The molecule has 162 valence electrons. The van der Waals surface area contributed by atoms with Crippen molar-refractivity contribution in [2.75, 3.05) is 43.3 Å². The van der Waals surface area contributed by atoms with Crippen molar-refractivity contribution in [3.05, 3.63) is 36.0 Å². The molecule has 0 saturated carbocycles. The first-order valence-corrected chi connectivity index (χ1v) is 9.88. The van der Waals surface area contributed by atoms with Gasteiger partial charge in [0.1, 0.15) is 11.6 Å². The number of rotatable bonds is 6. The number of fused-ring (bicyclic) bond motifs is 1. The van der Waals surface area contributed by atoms with Gasteiger partial charge in [-0.25, -0.2) is 14.8 Å². The average molecular weight is 424 g/mol. The molecule has 1 aliphatic heterocycles. The molecule has 0 aliphatic carbocycles. The minimum atomic E-state index is -0.988. The molecule has 1 aliphatic rings. The van der Waals surface area contributed by atoms with Gasteiger partial charge in [0.05, 0.1) is 25.3 Å². The predicted molar refractivity (Wildman–Crippen MR) is 117 cm³/mol. The van der Waals surface area contributed by atoms with E-state index < -0.39 is 5.97 Å². The summed E-state index contributed by atoms with van der Waals surface area (Å²) in [5.41, 5.74) is 7.07. The molecule has 10 nitrogen and oxygen atoms in total. The number of hydrogen-bond donors (Lipinski definition) is 3. The zero-order valence-electron chi connectivity index (χ0n) is 17.3. The van der Waals surface area contributed by atoms with E-state index in [1.807, 2.05) is 0 Å². The third-order valence-electron chi connectivity index (χ3n) is 5.36. The van der Waals surface area contributed by atoms with Gasteiger partial charge < -0.3 is 30.5 Å². The number of anilines is 3. The summed E-state index contributed by atoms with van der Waals surface area (Å²) >= 11 is 0. The Kier molecular flexibility index (Phi) is 5.61. The Labute approximate surface area is 179 Å². The monoisotopic (exact) mass is 424 g/mol. The second-order valence-electron chi connectivity index (χ2n) is 7.28. The van der Waals surface area contributed by atoms with E-state index in [9.17, 15) is 4.79 Å². The summed E-state index contributed by atoms with van der Waals surface area (Å²) in [6.45, 7) is 1.51. The quantitative estimate of drug-likeness (QED) is 0.541. The van der Waals surface area contributed by atoms with Crippen LogP contribution >= 0.6 is 0 Å². The number of nitrogens with two attached hydrogens (primary N) is 1. The van der Waals surface area contributed by atoms with E-state index in [0.717, 1.165) is 25.9 Å². The summed E-state index contributed by atoms with van der Waals surface area (Å²) in [6.07, 6.45) is 3.07. The lowest BCUT2D eigenvalue weighted by Gasteiger charge is -2.32. The molecule has 1 aromatic carbocycles. The Morgan fingerprint density at radius 2 is 1.87 bits per heavy atom. The summed E-state index contributed by atoms with van der Waals surface area (Å²) in [5.74, 6) is 1.82. The van der Waals surface area contributed by atoms with Gasteiger partial charge in [0.25, 0.3) is 0 Å². The van der Waals surface area contributed by atoms with Gasteiger partial charge in [-0.15, -0.1) is 0 Å². The van der Waals surface area contributed by atoms with E-state index in [2.05, 4.69) is 25.2 Å². The second-order valence-corrected chi connectivity index (χ2v) is 7.28. The number of aromatic carboxylic acids is 1. The molecular weight excluding hydrogens is 400 g/mol. The van der Waals surface area contributed by atoms with Crippen LogP contribution in [0.15, 0.2) is 30.5 Å². The Balaban J connectivity index is 1.46. The van der Waals surface area contributed by atoms with E-state index >= 15 is 0 Å². The Morgan fingerprint density at radius 3 is 2.48 bits per heavy atom. The third kappa shape index (κ3) is 4.23. The molecule has 1 saturated heterocycles. The van der Waals surface area contributed by atoms with Gasteiger partial charge in [0.15, 0.2) is 11.5 Å². The van der Waals surface area contributed by atoms with Crippen molar-refractivity contribution in [3.63, 3.8) is 0 Å².